The summed E-state index contributed by atoms with van der Waals surface area (Å²) in [6, 6.07) is 14.3. The molecule has 0 unspecified atom stereocenters. The van der Waals surface area contributed by atoms with E-state index in [1.807, 2.05) is 49.4 Å². The van der Waals surface area contributed by atoms with Crippen molar-refractivity contribution < 1.29 is 4.74 Å². The van der Waals surface area contributed by atoms with Crippen molar-refractivity contribution in [2.75, 3.05) is 0 Å². The van der Waals surface area contributed by atoms with Crippen LogP contribution in [0.4, 0.5) is 0 Å². The van der Waals surface area contributed by atoms with Gasteiger partial charge in [-0.25, -0.2) is 0 Å². The SMILES string of the molecule is Cc1cccc(Oc2ccc(CNC(C)C)cc2Cl)c1. The van der Waals surface area contributed by atoms with Crippen molar-refractivity contribution in [2.24, 2.45) is 0 Å². The van der Waals surface area contributed by atoms with E-state index in [0.717, 1.165) is 23.4 Å². The van der Waals surface area contributed by atoms with Crippen LogP contribution in [0.2, 0.25) is 5.02 Å². The minimum Gasteiger partial charge on any atom is -0.456 e. The van der Waals surface area contributed by atoms with Gasteiger partial charge in [-0.15, -0.1) is 0 Å². The fourth-order valence-electron chi connectivity index (χ4n) is 1.86. The summed E-state index contributed by atoms with van der Waals surface area (Å²) in [7, 11) is 0. The molecule has 0 spiro atoms. The minimum absolute atomic E-state index is 0.456. The number of hydrogen-bond acceptors (Lipinski definition) is 2. The van der Waals surface area contributed by atoms with Gasteiger partial charge >= 0.3 is 0 Å². The predicted octanol–water partition coefficient (Wildman–Crippen LogP) is 4.94. The number of nitrogens with one attached hydrogen (secondary N) is 1. The first kappa shape index (κ1) is 14.9. The maximum Gasteiger partial charge on any atom is 0.146 e. The number of benzene rings is 2. The molecule has 0 aliphatic heterocycles. The van der Waals surface area contributed by atoms with Crippen molar-refractivity contribution in [2.45, 2.75) is 33.4 Å². The Labute approximate surface area is 125 Å². The first-order chi connectivity index (χ1) is 9.54. The highest BCUT2D eigenvalue weighted by Gasteiger charge is 2.05. The first-order valence-electron chi connectivity index (χ1n) is 6.81. The smallest absolute Gasteiger partial charge is 0.146 e. The van der Waals surface area contributed by atoms with Crippen LogP contribution in [0, 0.1) is 6.92 Å². The van der Waals surface area contributed by atoms with Gasteiger partial charge in [-0.1, -0.05) is 43.6 Å². The second-order valence-corrected chi connectivity index (χ2v) is 5.63. The molecular weight excluding hydrogens is 270 g/mol. The van der Waals surface area contributed by atoms with Gasteiger partial charge in [0.05, 0.1) is 5.02 Å². The Morgan fingerprint density at radius 3 is 2.60 bits per heavy atom. The Morgan fingerprint density at radius 1 is 1.15 bits per heavy atom. The van der Waals surface area contributed by atoms with Crippen LogP contribution in [0.5, 0.6) is 11.5 Å². The van der Waals surface area contributed by atoms with E-state index in [-0.39, 0.29) is 0 Å². The van der Waals surface area contributed by atoms with E-state index < -0.39 is 0 Å². The highest BCUT2D eigenvalue weighted by atomic mass is 35.5. The maximum absolute atomic E-state index is 6.28. The number of aryl methyl sites for hydroxylation is 1. The van der Waals surface area contributed by atoms with Gasteiger partial charge in [-0.3, -0.25) is 0 Å². The van der Waals surface area contributed by atoms with Crippen molar-refractivity contribution in [1.82, 2.24) is 5.32 Å². The van der Waals surface area contributed by atoms with E-state index in [2.05, 4.69) is 19.2 Å². The molecule has 0 bridgehead atoms. The van der Waals surface area contributed by atoms with Crippen LogP contribution in [0.1, 0.15) is 25.0 Å². The summed E-state index contributed by atoms with van der Waals surface area (Å²) < 4.78 is 5.82. The van der Waals surface area contributed by atoms with Gasteiger partial charge in [0.1, 0.15) is 11.5 Å². The van der Waals surface area contributed by atoms with E-state index >= 15 is 0 Å². The van der Waals surface area contributed by atoms with Gasteiger partial charge in [-0.2, -0.15) is 0 Å². The third-order valence-corrected chi connectivity index (χ3v) is 3.22. The quantitative estimate of drug-likeness (QED) is 0.842. The molecule has 0 aliphatic rings. The molecule has 0 saturated carbocycles. The van der Waals surface area contributed by atoms with E-state index in [0.29, 0.717) is 16.8 Å². The molecule has 0 aromatic heterocycles. The zero-order valence-electron chi connectivity index (χ0n) is 12.1. The molecule has 0 radical (unpaired) electrons. The molecule has 2 nitrogen and oxygen atoms in total. The fourth-order valence-corrected chi connectivity index (χ4v) is 2.11. The molecule has 0 saturated heterocycles. The van der Waals surface area contributed by atoms with Crippen molar-refractivity contribution in [1.29, 1.82) is 0 Å². The standard InChI is InChI=1S/C17H20ClNO/c1-12(2)19-11-14-7-8-17(16(18)10-14)20-15-6-4-5-13(3)9-15/h4-10,12,19H,11H2,1-3H3. The largest absolute Gasteiger partial charge is 0.456 e. The van der Waals surface area contributed by atoms with Crippen molar-refractivity contribution in [3.05, 3.63) is 58.6 Å². The van der Waals surface area contributed by atoms with Crippen LogP contribution < -0.4 is 10.1 Å². The highest BCUT2D eigenvalue weighted by molar-refractivity contribution is 6.32. The molecule has 1 N–H and O–H groups in total. The molecule has 0 fully saturated rings. The zero-order valence-corrected chi connectivity index (χ0v) is 12.9. The van der Waals surface area contributed by atoms with Gasteiger partial charge in [0, 0.05) is 12.6 Å². The molecule has 0 aliphatic carbocycles. The topological polar surface area (TPSA) is 21.3 Å². The normalized spacial score (nSPS) is 10.8. The predicted molar refractivity (Wildman–Crippen MR) is 84.7 cm³/mol. The van der Waals surface area contributed by atoms with Gasteiger partial charge in [0.2, 0.25) is 0 Å². The van der Waals surface area contributed by atoms with Crippen molar-refractivity contribution in [3.63, 3.8) is 0 Å². The summed E-state index contributed by atoms with van der Waals surface area (Å²) >= 11 is 6.28. The van der Waals surface area contributed by atoms with Crippen LogP contribution in [0.25, 0.3) is 0 Å². The second kappa shape index (κ2) is 6.78. The molecular formula is C17H20ClNO. The summed E-state index contributed by atoms with van der Waals surface area (Å²) in [5.41, 5.74) is 2.32. The summed E-state index contributed by atoms with van der Waals surface area (Å²) in [6.07, 6.45) is 0. The lowest BCUT2D eigenvalue weighted by atomic mass is 10.2. The molecule has 2 aromatic carbocycles. The molecule has 0 heterocycles. The summed E-state index contributed by atoms with van der Waals surface area (Å²) in [5.74, 6) is 1.49. The number of halogens is 1. The minimum atomic E-state index is 0.456. The third kappa shape index (κ3) is 4.26. The highest BCUT2D eigenvalue weighted by Crippen LogP contribution is 2.30. The third-order valence-electron chi connectivity index (χ3n) is 2.93. The van der Waals surface area contributed by atoms with Crippen molar-refractivity contribution in [3.8, 4) is 11.5 Å². The molecule has 2 aromatic rings. The fraction of sp³-hybridized carbons (Fsp3) is 0.294. The van der Waals surface area contributed by atoms with Crippen LogP contribution in [-0.2, 0) is 6.54 Å². The molecule has 0 atom stereocenters. The van der Waals surface area contributed by atoms with Gasteiger partial charge in [-0.05, 0) is 42.3 Å². The average Bonchev–Trinajstić information content (AvgIpc) is 2.39. The van der Waals surface area contributed by atoms with E-state index in [9.17, 15) is 0 Å². The Morgan fingerprint density at radius 2 is 1.95 bits per heavy atom. The summed E-state index contributed by atoms with van der Waals surface area (Å²) in [4.78, 5) is 0. The van der Waals surface area contributed by atoms with Crippen LogP contribution >= 0.6 is 11.6 Å². The Balaban J connectivity index is 2.09. The van der Waals surface area contributed by atoms with Gasteiger partial charge in [0.25, 0.3) is 0 Å². The number of rotatable bonds is 5. The lowest BCUT2D eigenvalue weighted by Crippen LogP contribution is -2.21. The Bertz CT molecular complexity index is 581. The second-order valence-electron chi connectivity index (χ2n) is 5.22. The molecule has 106 valence electrons. The van der Waals surface area contributed by atoms with Crippen LogP contribution in [-0.4, -0.2) is 6.04 Å². The lowest BCUT2D eigenvalue weighted by molar-refractivity contribution is 0.482. The summed E-state index contributed by atoms with van der Waals surface area (Å²) in [6.45, 7) is 7.09. The molecule has 0 amide bonds. The number of ether oxygens (including phenoxy) is 1. The average molecular weight is 290 g/mol. The molecule has 2 rings (SSSR count). The van der Waals surface area contributed by atoms with Crippen molar-refractivity contribution >= 4 is 11.6 Å². The molecule has 3 heteroatoms. The molecule has 20 heavy (non-hydrogen) atoms. The van der Waals surface area contributed by atoms with Crippen LogP contribution in [0.3, 0.4) is 0 Å². The first-order valence-corrected chi connectivity index (χ1v) is 7.19. The zero-order chi connectivity index (χ0) is 14.5. The Hall–Kier alpha value is -1.51. The van der Waals surface area contributed by atoms with E-state index in [1.165, 1.54) is 0 Å². The Kier molecular flexibility index (Phi) is 5.05. The van der Waals surface area contributed by atoms with Gasteiger partial charge in [0.15, 0.2) is 0 Å². The van der Waals surface area contributed by atoms with Crippen LogP contribution in [0.15, 0.2) is 42.5 Å². The maximum atomic E-state index is 6.28. The van der Waals surface area contributed by atoms with Gasteiger partial charge < -0.3 is 10.1 Å². The monoisotopic (exact) mass is 289 g/mol. The number of hydrogen-bond donors (Lipinski definition) is 1. The van der Waals surface area contributed by atoms with E-state index in [4.69, 9.17) is 16.3 Å². The summed E-state index contributed by atoms with van der Waals surface area (Å²) in [5, 5.41) is 4.00. The lowest BCUT2D eigenvalue weighted by Gasteiger charge is -2.11. The van der Waals surface area contributed by atoms with E-state index in [1.54, 1.807) is 0 Å².